The number of carbonyl (C=O) groups is 2. The Labute approximate surface area is 90.8 Å². The Morgan fingerprint density at radius 1 is 1.40 bits per heavy atom. The van der Waals surface area contributed by atoms with Gasteiger partial charge in [-0.05, 0) is 20.8 Å². The SMILES string of the molecule is CCN(CC(=O)NC)C(=O)C(C)(C)OC. The first-order valence-corrected chi connectivity index (χ1v) is 4.94. The summed E-state index contributed by atoms with van der Waals surface area (Å²) >= 11 is 0. The first kappa shape index (κ1) is 13.9. The van der Waals surface area contributed by atoms with Crippen LogP contribution in [0, 0.1) is 0 Å². The number of carbonyl (C=O) groups excluding carboxylic acids is 2. The molecule has 0 spiro atoms. The fourth-order valence-corrected chi connectivity index (χ4v) is 1.05. The number of likely N-dealkylation sites (N-methyl/N-ethyl adjacent to an activating group) is 2. The maximum atomic E-state index is 11.9. The fourth-order valence-electron chi connectivity index (χ4n) is 1.05. The molecule has 0 atom stereocenters. The number of amides is 2. The highest BCUT2D eigenvalue weighted by atomic mass is 16.5. The second kappa shape index (κ2) is 5.70. The van der Waals surface area contributed by atoms with Crippen LogP contribution >= 0.6 is 0 Å². The lowest BCUT2D eigenvalue weighted by molar-refractivity contribution is -0.152. The van der Waals surface area contributed by atoms with Gasteiger partial charge >= 0.3 is 0 Å². The quantitative estimate of drug-likeness (QED) is 0.704. The zero-order valence-electron chi connectivity index (χ0n) is 10.1. The molecule has 0 unspecified atom stereocenters. The van der Waals surface area contributed by atoms with Crippen LogP contribution in [0.15, 0.2) is 0 Å². The van der Waals surface area contributed by atoms with Crippen molar-refractivity contribution in [1.29, 1.82) is 0 Å². The molecule has 0 aliphatic carbocycles. The molecule has 0 heterocycles. The molecule has 0 aromatic heterocycles. The van der Waals surface area contributed by atoms with E-state index in [0.29, 0.717) is 6.54 Å². The van der Waals surface area contributed by atoms with Crippen molar-refractivity contribution in [2.75, 3.05) is 27.2 Å². The third-order valence-corrected chi connectivity index (χ3v) is 2.31. The molecule has 0 aromatic rings. The largest absolute Gasteiger partial charge is 0.369 e. The molecule has 15 heavy (non-hydrogen) atoms. The van der Waals surface area contributed by atoms with Gasteiger partial charge in [-0.2, -0.15) is 0 Å². The molecule has 0 aliphatic heterocycles. The Balaban J connectivity index is 4.54. The minimum Gasteiger partial charge on any atom is -0.369 e. The topological polar surface area (TPSA) is 58.6 Å². The highest BCUT2D eigenvalue weighted by molar-refractivity contribution is 5.88. The van der Waals surface area contributed by atoms with E-state index in [4.69, 9.17) is 4.74 Å². The van der Waals surface area contributed by atoms with Gasteiger partial charge in [0.15, 0.2) is 0 Å². The van der Waals surface area contributed by atoms with E-state index in [-0.39, 0.29) is 18.4 Å². The molecule has 0 fully saturated rings. The van der Waals surface area contributed by atoms with Gasteiger partial charge in [0.1, 0.15) is 5.60 Å². The van der Waals surface area contributed by atoms with Gasteiger partial charge in [0.05, 0.1) is 6.54 Å². The fraction of sp³-hybridized carbons (Fsp3) is 0.800. The van der Waals surface area contributed by atoms with Gasteiger partial charge in [-0.3, -0.25) is 9.59 Å². The van der Waals surface area contributed by atoms with Gasteiger partial charge in [-0.25, -0.2) is 0 Å². The molecule has 0 radical (unpaired) electrons. The third-order valence-electron chi connectivity index (χ3n) is 2.31. The van der Waals surface area contributed by atoms with Crippen molar-refractivity contribution in [1.82, 2.24) is 10.2 Å². The minimum atomic E-state index is -0.885. The normalized spacial score (nSPS) is 11.0. The van der Waals surface area contributed by atoms with Gasteiger partial charge < -0.3 is 15.0 Å². The first-order chi connectivity index (χ1) is 6.88. The Morgan fingerprint density at radius 3 is 2.27 bits per heavy atom. The summed E-state index contributed by atoms with van der Waals surface area (Å²) in [6.45, 7) is 5.74. The summed E-state index contributed by atoms with van der Waals surface area (Å²) in [4.78, 5) is 24.5. The summed E-state index contributed by atoms with van der Waals surface area (Å²) in [6, 6.07) is 0. The average molecular weight is 216 g/mol. The molecule has 0 bridgehead atoms. The van der Waals surface area contributed by atoms with E-state index in [2.05, 4.69) is 5.32 Å². The van der Waals surface area contributed by atoms with E-state index in [9.17, 15) is 9.59 Å². The van der Waals surface area contributed by atoms with Gasteiger partial charge in [0.2, 0.25) is 5.91 Å². The maximum absolute atomic E-state index is 11.9. The highest BCUT2D eigenvalue weighted by Gasteiger charge is 2.31. The number of rotatable bonds is 5. The summed E-state index contributed by atoms with van der Waals surface area (Å²) < 4.78 is 5.07. The molecule has 5 heteroatoms. The minimum absolute atomic E-state index is 0.0681. The molecular weight excluding hydrogens is 196 g/mol. The van der Waals surface area contributed by atoms with Crippen LogP contribution in [0.1, 0.15) is 20.8 Å². The molecule has 5 nitrogen and oxygen atoms in total. The first-order valence-electron chi connectivity index (χ1n) is 4.94. The van der Waals surface area contributed by atoms with E-state index >= 15 is 0 Å². The lowest BCUT2D eigenvalue weighted by Gasteiger charge is -2.29. The lowest BCUT2D eigenvalue weighted by Crippen LogP contribution is -2.49. The Bertz CT molecular complexity index is 239. The average Bonchev–Trinajstić information content (AvgIpc) is 2.24. The molecular formula is C10H20N2O3. The zero-order chi connectivity index (χ0) is 12.1. The molecule has 0 aliphatic rings. The third kappa shape index (κ3) is 3.87. The van der Waals surface area contributed by atoms with Crippen LogP contribution in [0.5, 0.6) is 0 Å². The van der Waals surface area contributed by atoms with Gasteiger partial charge in [-0.1, -0.05) is 0 Å². The van der Waals surface area contributed by atoms with Crippen LogP contribution < -0.4 is 5.32 Å². The van der Waals surface area contributed by atoms with Crippen LogP contribution in [0.25, 0.3) is 0 Å². The van der Waals surface area contributed by atoms with Gasteiger partial charge in [0, 0.05) is 20.7 Å². The smallest absolute Gasteiger partial charge is 0.254 e. The number of hydrogen-bond acceptors (Lipinski definition) is 3. The molecule has 88 valence electrons. The van der Waals surface area contributed by atoms with E-state index in [1.54, 1.807) is 20.9 Å². The second-order valence-electron chi connectivity index (χ2n) is 3.71. The standard InChI is InChI=1S/C10H20N2O3/c1-6-12(7-8(13)11-4)9(14)10(2,3)15-5/h6-7H2,1-5H3,(H,11,13). The van der Waals surface area contributed by atoms with E-state index in [1.807, 2.05) is 6.92 Å². The lowest BCUT2D eigenvalue weighted by atomic mass is 10.1. The Morgan fingerprint density at radius 2 is 1.93 bits per heavy atom. The van der Waals surface area contributed by atoms with Crippen molar-refractivity contribution < 1.29 is 14.3 Å². The van der Waals surface area contributed by atoms with Gasteiger partial charge in [-0.15, -0.1) is 0 Å². The predicted octanol–water partition coefficient (Wildman–Crippen LogP) is 0.00590. The van der Waals surface area contributed by atoms with Crippen molar-refractivity contribution in [3.05, 3.63) is 0 Å². The molecule has 0 aromatic carbocycles. The summed E-state index contributed by atoms with van der Waals surface area (Å²) in [6.07, 6.45) is 0. The van der Waals surface area contributed by atoms with Crippen molar-refractivity contribution in [3.8, 4) is 0 Å². The van der Waals surface area contributed by atoms with Crippen LogP contribution in [0.2, 0.25) is 0 Å². The summed E-state index contributed by atoms with van der Waals surface area (Å²) in [5, 5.41) is 2.48. The van der Waals surface area contributed by atoms with Gasteiger partial charge in [0.25, 0.3) is 5.91 Å². The number of ether oxygens (including phenoxy) is 1. The predicted molar refractivity (Wildman–Crippen MR) is 57.4 cm³/mol. The molecule has 2 amide bonds. The Kier molecular flexibility index (Phi) is 5.28. The van der Waals surface area contributed by atoms with E-state index in [1.165, 1.54) is 12.0 Å². The number of hydrogen-bond donors (Lipinski definition) is 1. The summed E-state index contributed by atoms with van der Waals surface area (Å²) in [7, 11) is 3.02. The number of nitrogens with one attached hydrogen (secondary N) is 1. The van der Waals surface area contributed by atoms with Crippen LogP contribution in [-0.4, -0.2) is 49.6 Å². The van der Waals surface area contributed by atoms with E-state index in [0.717, 1.165) is 0 Å². The second-order valence-corrected chi connectivity index (χ2v) is 3.71. The zero-order valence-corrected chi connectivity index (χ0v) is 10.1. The summed E-state index contributed by atoms with van der Waals surface area (Å²) in [5.74, 6) is -0.367. The Hall–Kier alpha value is -1.10. The van der Waals surface area contributed by atoms with Crippen molar-refractivity contribution in [3.63, 3.8) is 0 Å². The van der Waals surface area contributed by atoms with Crippen molar-refractivity contribution in [2.45, 2.75) is 26.4 Å². The van der Waals surface area contributed by atoms with Crippen molar-refractivity contribution in [2.24, 2.45) is 0 Å². The van der Waals surface area contributed by atoms with Crippen LogP contribution in [-0.2, 0) is 14.3 Å². The maximum Gasteiger partial charge on any atom is 0.254 e. The number of methoxy groups -OCH3 is 1. The van der Waals surface area contributed by atoms with Crippen LogP contribution in [0.4, 0.5) is 0 Å². The van der Waals surface area contributed by atoms with Crippen LogP contribution in [0.3, 0.4) is 0 Å². The molecule has 0 saturated carbocycles. The molecule has 1 N–H and O–H groups in total. The highest BCUT2D eigenvalue weighted by Crippen LogP contribution is 2.11. The molecule has 0 rings (SSSR count). The summed E-state index contributed by atoms with van der Waals surface area (Å²) in [5.41, 5.74) is -0.885. The van der Waals surface area contributed by atoms with Crippen molar-refractivity contribution >= 4 is 11.8 Å². The molecule has 0 saturated heterocycles. The monoisotopic (exact) mass is 216 g/mol. The number of nitrogens with zero attached hydrogens (tertiary/aromatic N) is 1. The van der Waals surface area contributed by atoms with E-state index < -0.39 is 5.60 Å².